The zero-order valence-electron chi connectivity index (χ0n) is 23.4. The van der Waals surface area contributed by atoms with Gasteiger partial charge in [0.25, 0.3) is 0 Å². The summed E-state index contributed by atoms with van der Waals surface area (Å²) in [6.07, 6.45) is 13.0. The van der Waals surface area contributed by atoms with Crippen molar-refractivity contribution in [2.24, 2.45) is 11.8 Å². The molecule has 5 aliphatic rings. The predicted molar refractivity (Wildman–Crippen MR) is 154 cm³/mol. The highest BCUT2D eigenvalue weighted by Gasteiger charge is 2.72. The number of anilines is 1. The van der Waals surface area contributed by atoms with Gasteiger partial charge in [-0.2, -0.15) is 0 Å². The molecule has 5 atom stereocenters. The molecule has 4 fully saturated rings. The number of rotatable bonds is 8. The molecule has 0 radical (unpaired) electrons. The van der Waals surface area contributed by atoms with Gasteiger partial charge in [-0.15, -0.1) is 0 Å². The third-order valence-corrected chi connectivity index (χ3v) is 10.0. The Morgan fingerprint density at radius 1 is 1.05 bits per heavy atom. The van der Waals surface area contributed by atoms with Gasteiger partial charge >= 0.3 is 0 Å². The van der Waals surface area contributed by atoms with Crippen molar-refractivity contribution in [3.05, 3.63) is 40.9 Å². The molecule has 2 N–H and O–H groups in total. The third kappa shape index (κ3) is 5.07. The molecule has 0 aromatic heterocycles. The largest absolute Gasteiger partial charge is 0.359 e. The lowest BCUT2D eigenvalue weighted by Crippen LogP contribution is -2.56. The van der Waals surface area contributed by atoms with Crippen LogP contribution in [0.4, 0.5) is 5.69 Å². The number of aryl methyl sites for hydroxylation is 1. The lowest BCUT2D eigenvalue weighted by molar-refractivity contribution is -0.141. The number of benzene rings is 1. The molecule has 1 aromatic rings. The van der Waals surface area contributed by atoms with Crippen LogP contribution in [0.25, 0.3) is 0 Å². The van der Waals surface area contributed by atoms with Gasteiger partial charge in [0.1, 0.15) is 11.6 Å². The molecule has 0 unspecified atom stereocenters. The van der Waals surface area contributed by atoms with Crippen molar-refractivity contribution in [2.75, 3.05) is 31.5 Å². The zero-order valence-corrected chi connectivity index (χ0v) is 24.1. The number of hydrogen-bond donors (Lipinski definition) is 2. The molecule has 1 aliphatic carbocycles. The highest BCUT2D eigenvalue weighted by molar-refractivity contribution is 6.31. The Morgan fingerprint density at radius 2 is 1.80 bits per heavy atom. The minimum absolute atomic E-state index is 0.120. The fraction of sp³-hybridized carbons (Fsp3) is 0.645. The van der Waals surface area contributed by atoms with Gasteiger partial charge in [-0.3, -0.25) is 14.4 Å². The molecule has 2 bridgehead atoms. The van der Waals surface area contributed by atoms with Crippen LogP contribution < -0.4 is 10.6 Å². The maximum Gasteiger partial charge on any atom is 0.246 e. The van der Waals surface area contributed by atoms with Gasteiger partial charge in [-0.1, -0.05) is 55.5 Å². The quantitative estimate of drug-likeness (QED) is 0.462. The lowest BCUT2D eigenvalue weighted by atomic mass is 9.74. The first kappa shape index (κ1) is 27.7. The average molecular weight is 569 g/mol. The van der Waals surface area contributed by atoms with Gasteiger partial charge in [-0.05, 0) is 76.4 Å². The number of halogens is 1. The van der Waals surface area contributed by atoms with Gasteiger partial charge in [0.05, 0.1) is 17.9 Å². The van der Waals surface area contributed by atoms with Crippen LogP contribution in [0.15, 0.2) is 30.4 Å². The molecule has 216 valence electrons. The van der Waals surface area contributed by atoms with E-state index < -0.39 is 29.6 Å². The number of ether oxygens (including phenoxy) is 1. The minimum Gasteiger partial charge on any atom is -0.359 e. The number of nitrogens with one attached hydrogen (secondary N) is 2. The summed E-state index contributed by atoms with van der Waals surface area (Å²) in [5, 5.41) is 6.79. The smallest absolute Gasteiger partial charge is 0.246 e. The van der Waals surface area contributed by atoms with E-state index in [2.05, 4.69) is 15.5 Å². The van der Waals surface area contributed by atoms with Crippen molar-refractivity contribution in [2.45, 2.75) is 88.5 Å². The summed E-state index contributed by atoms with van der Waals surface area (Å²) in [6.45, 7) is 5.45. The molecule has 4 aliphatic heterocycles. The first-order valence-corrected chi connectivity index (χ1v) is 15.5. The van der Waals surface area contributed by atoms with E-state index in [9.17, 15) is 14.4 Å². The number of amides is 3. The molecule has 40 heavy (non-hydrogen) atoms. The second-order valence-corrected chi connectivity index (χ2v) is 12.7. The minimum atomic E-state index is -1.13. The summed E-state index contributed by atoms with van der Waals surface area (Å²) < 4.78 is 6.49. The summed E-state index contributed by atoms with van der Waals surface area (Å²) in [5.41, 5.74) is 0.373. The topological polar surface area (TPSA) is 91.0 Å². The van der Waals surface area contributed by atoms with E-state index in [0.29, 0.717) is 17.3 Å². The third-order valence-electron chi connectivity index (χ3n) is 9.64. The van der Waals surface area contributed by atoms with Crippen LogP contribution in [0, 0.1) is 18.8 Å². The monoisotopic (exact) mass is 568 g/mol. The number of likely N-dealkylation sites (tertiary alicyclic amines) is 2. The molecule has 6 rings (SSSR count). The number of carbonyl (C=O) groups is 3. The molecule has 1 saturated carbocycles. The van der Waals surface area contributed by atoms with Crippen LogP contribution in [0.5, 0.6) is 0 Å². The molecule has 3 saturated heterocycles. The maximum absolute atomic E-state index is 14.1. The van der Waals surface area contributed by atoms with E-state index in [1.54, 1.807) is 11.0 Å². The van der Waals surface area contributed by atoms with Gasteiger partial charge in [-0.25, -0.2) is 0 Å². The predicted octanol–water partition coefficient (Wildman–Crippen LogP) is 4.06. The van der Waals surface area contributed by atoms with E-state index >= 15 is 0 Å². The van der Waals surface area contributed by atoms with E-state index in [4.69, 9.17) is 16.3 Å². The van der Waals surface area contributed by atoms with Crippen LogP contribution in [0.1, 0.15) is 63.4 Å². The zero-order chi connectivity index (χ0) is 27.9. The maximum atomic E-state index is 14.1. The van der Waals surface area contributed by atoms with Crippen LogP contribution >= 0.6 is 11.6 Å². The molecule has 8 nitrogen and oxygen atoms in total. The number of hydrogen-bond acceptors (Lipinski definition) is 5. The molecular weight excluding hydrogens is 528 g/mol. The fourth-order valence-electron chi connectivity index (χ4n) is 7.58. The van der Waals surface area contributed by atoms with Crippen molar-refractivity contribution in [1.29, 1.82) is 0 Å². The number of piperidine rings is 1. The first-order valence-electron chi connectivity index (χ1n) is 15.1. The van der Waals surface area contributed by atoms with E-state index in [0.717, 1.165) is 57.3 Å². The Hall–Kier alpha value is -2.42. The normalized spacial score (nSPS) is 31.9. The molecule has 1 spiro atoms. The Morgan fingerprint density at radius 3 is 2.55 bits per heavy atom. The standard InChI is InChI=1S/C31H41ClN4O4/c1-20-11-12-22(19-23(20)32)34-28(37)25-24-13-14-31(40-24)26(25)30(39)36(18-8-17-35-15-6-3-7-16-35)27(31)29(38)33-21-9-4-2-5-10-21/h11-14,19,21,24-27H,2-10,15-18H2,1H3,(H,33,38)(H,34,37)/t24-,25+,26-,27-,31-/m0/s1. The summed E-state index contributed by atoms with van der Waals surface area (Å²) in [7, 11) is 0. The molecule has 3 amide bonds. The Labute approximate surface area is 241 Å². The van der Waals surface area contributed by atoms with Crippen molar-refractivity contribution < 1.29 is 19.1 Å². The van der Waals surface area contributed by atoms with Crippen LogP contribution in [0.3, 0.4) is 0 Å². The summed E-state index contributed by atoms with van der Waals surface area (Å²) in [5.74, 6) is -2.04. The summed E-state index contributed by atoms with van der Waals surface area (Å²) in [6, 6.07) is 4.73. The van der Waals surface area contributed by atoms with Gasteiger partial charge < -0.3 is 25.2 Å². The van der Waals surface area contributed by atoms with Crippen LogP contribution in [-0.2, 0) is 19.1 Å². The van der Waals surface area contributed by atoms with Crippen molar-refractivity contribution in [1.82, 2.24) is 15.1 Å². The second kappa shape index (κ2) is 11.5. The highest BCUT2D eigenvalue weighted by atomic mass is 35.5. The van der Waals surface area contributed by atoms with E-state index in [1.807, 2.05) is 31.2 Å². The number of carbonyl (C=O) groups excluding carboxylic acids is 3. The molecular formula is C31H41ClN4O4. The Kier molecular flexibility index (Phi) is 7.94. The first-order chi connectivity index (χ1) is 19.4. The van der Waals surface area contributed by atoms with Gasteiger partial charge in [0.15, 0.2) is 0 Å². The molecule has 1 aromatic carbocycles. The van der Waals surface area contributed by atoms with Crippen LogP contribution in [-0.4, -0.2) is 77.5 Å². The van der Waals surface area contributed by atoms with Crippen molar-refractivity contribution >= 4 is 35.0 Å². The Bertz CT molecular complexity index is 1180. The summed E-state index contributed by atoms with van der Waals surface area (Å²) in [4.78, 5) is 45.9. The second-order valence-electron chi connectivity index (χ2n) is 12.3. The SMILES string of the molecule is Cc1ccc(NC(=O)[C@@H]2[C@@H]3C=C[C@]4(O3)[C@@H]2C(=O)N(CCCN2CCCCC2)[C@H]4C(=O)NC2CCCCC2)cc1Cl. The van der Waals surface area contributed by atoms with Crippen LogP contribution in [0.2, 0.25) is 5.02 Å². The van der Waals surface area contributed by atoms with Gasteiger partial charge in [0, 0.05) is 23.3 Å². The molecule has 4 heterocycles. The lowest BCUT2D eigenvalue weighted by Gasteiger charge is -2.34. The Balaban J connectivity index is 1.24. The van der Waals surface area contributed by atoms with E-state index in [1.165, 1.54) is 25.7 Å². The average Bonchev–Trinajstić information content (AvgIpc) is 3.59. The number of fused-ring (bicyclic) bond motifs is 1. The van der Waals surface area contributed by atoms with Gasteiger partial charge in [0.2, 0.25) is 17.7 Å². The fourth-order valence-corrected chi connectivity index (χ4v) is 7.76. The van der Waals surface area contributed by atoms with Crippen molar-refractivity contribution in [3.63, 3.8) is 0 Å². The molecule has 9 heteroatoms. The highest BCUT2D eigenvalue weighted by Crippen LogP contribution is 2.55. The number of nitrogens with zero attached hydrogens (tertiary/aromatic N) is 2. The van der Waals surface area contributed by atoms with Crippen molar-refractivity contribution in [3.8, 4) is 0 Å². The summed E-state index contributed by atoms with van der Waals surface area (Å²) >= 11 is 6.29. The van der Waals surface area contributed by atoms with E-state index in [-0.39, 0.29) is 23.8 Å².